The average molecular weight is 398 g/mol. The van der Waals surface area contributed by atoms with Gasteiger partial charge in [-0.15, -0.1) is 4.40 Å². The van der Waals surface area contributed by atoms with Crippen LogP contribution in [-0.2, 0) is 20.0 Å². The van der Waals surface area contributed by atoms with E-state index in [1.165, 1.54) is 4.31 Å². The summed E-state index contributed by atoms with van der Waals surface area (Å²) in [6.45, 7) is 5.17. The molecule has 2 aliphatic heterocycles. The molecule has 9 heteroatoms. The fraction of sp³-hybridized carbons (Fsp3) is 0.471. The first kappa shape index (κ1) is 19.1. The maximum atomic E-state index is 12.6. The normalized spacial score (nSPS) is 21.6. The van der Waals surface area contributed by atoms with E-state index in [-0.39, 0.29) is 10.7 Å². The van der Waals surface area contributed by atoms with Gasteiger partial charge >= 0.3 is 0 Å². The minimum atomic E-state index is -3.75. The van der Waals surface area contributed by atoms with Gasteiger partial charge in [-0.3, -0.25) is 0 Å². The predicted octanol–water partition coefficient (Wildman–Crippen LogP) is 1.52. The Hall–Kier alpha value is -1.71. The molecule has 2 aliphatic rings. The van der Waals surface area contributed by atoms with Crippen molar-refractivity contribution in [3.63, 3.8) is 0 Å². The molecule has 1 aromatic rings. The fourth-order valence-corrected chi connectivity index (χ4v) is 5.95. The molecule has 1 fully saturated rings. The third-order valence-corrected chi connectivity index (χ3v) is 8.04. The zero-order valence-corrected chi connectivity index (χ0v) is 16.6. The lowest BCUT2D eigenvalue weighted by atomic mass is 10.1. The molecule has 1 saturated heterocycles. The van der Waals surface area contributed by atoms with Gasteiger partial charge in [-0.25, -0.2) is 12.7 Å². The second-order valence-electron chi connectivity index (χ2n) is 6.35. The minimum Gasteiger partial charge on any atom is -0.354 e. The molecule has 142 valence electrons. The zero-order valence-electron chi connectivity index (χ0n) is 14.9. The maximum absolute atomic E-state index is 12.6. The van der Waals surface area contributed by atoms with Gasteiger partial charge in [0, 0.05) is 31.8 Å². The van der Waals surface area contributed by atoms with Crippen molar-refractivity contribution in [3.8, 4) is 0 Å². The highest BCUT2D eigenvalue weighted by Gasteiger charge is 2.34. The Morgan fingerprint density at radius 1 is 1.08 bits per heavy atom. The topological polar surface area (TPSA) is 87.1 Å². The molecule has 3 rings (SSSR count). The first-order valence-electron chi connectivity index (χ1n) is 8.60. The Bertz CT molecular complexity index is 951. The van der Waals surface area contributed by atoms with Crippen LogP contribution >= 0.6 is 0 Å². The third-order valence-electron chi connectivity index (χ3n) is 4.69. The Morgan fingerprint density at radius 3 is 2.42 bits per heavy atom. The van der Waals surface area contributed by atoms with Gasteiger partial charge in [-0.1, -0.05) is 30.3 Å². The summed E-state index contributed by atoms with van der Waals surface area (Å²) in [6.07, 6.45) is 0.631. The van der Waals surface area contributed by atoms with Crippen molar-refractivity contribution >= 4 is 30.8 Å². The molecule has 0 amide bonds. The molecule has 0 saturated carbocycles. The molecule has 7 nitrogen and oxygen atoms in total. The Kier molecular flexibility index (Phi) is 5.23. The standard InChI is InChI=1S/C17H23N3O4S2/c1-3-25(21,22)20-11-7-10-19(12-13-20)17-14(2)16(26(23,24)18-17)15-8-5-4-6-9-15/h4-6,8-9H,3,7,10-13H2,1-2H3. The monoisotopic (exact) mass is 397 g/mol. The first-order chi connectivity index (χ1) is 12.3. The maximum Gasteiger partial charge on any atom is 0.285 e. The zero-order chi connectivity index (χ0) is 18.9. The smallest absolute Gasteiger partial charge is 0.285 e. The number of rotatable bonds is 3. The van der Waals surface area contributed by atoms with Gasteiger partial charge in [-0.05, 0) is 25.8 Å². The lowest BCUT2D eigenvalue weighted by Crippen LogP contribution is -2.38. The van der Waals surface area contributed by atoms with Crippen molar-refractivity contribution in [1.82, 2.24) is 9.21 Å². The lowest BCUT2D eigenvalue weighted by molar-refractivity contribution is 0.408. The molecule has 0 N–H and O–H groups in total. The van der Waals surface area contributed by atoms with Crippen molar-refractivity contribution in [2.24, 2.45) is 4.40 Å². The molecule has 1 aromatic carbocycles. The lowest BCUT2D eigenvalue weighted by Gasteiger charge is -2.23. The van der Waals surface area contributed by atoms with E-state index < -0.39 is 20.0 Å². The summed E-state index contributed by atoms with van der Waals surface area (Å²) < 4.78 is 54.9. The third kappa shape index (κ3) is 3.56. The van der Waals surface area contributed by atoms with E-state index in [0.29, 0.717) is 49.6 Å². The predicted molar refractivity (Wildman–Crippen MR) is 103 cm³/mol. The van der Waals surface area contributed by atoms with Crippen LogP contribution in [-0.4, -0.2) is 63.8 Å². The molecular weight excluding hydrogens is 374 g/mol. The first-order valence-corrected chi connectivity index (χ1v) is 11.7. The summed E-state index contributed by atoms with van der Waals surface area (Å²) in [5, 5.41) is 0. The number of hydrogen-bond donors (Lipinski definition) is 0. The van der Waals surface area contributed by atoms with Gasteiger partial charge in [0.05, 0.1) is 5.75 Å². The van der Waals surface area contributed by atoms with Gasteiger partial charge in [0.1, 0.15) is 10.7 Å². The van der Waals surface area contributed by atoms with Crippen LogP contribution in [0.4, 0.5) is 0 Å². The largest absolute Gasteiger partial charge is 0.354 e. The summed E-state index contributed by atoms with van der Waals surface area (Å²) >= 11 is 0. The van der Waals surface area contributed by atoms with Crippen LogP contribution in [0.25, 0.3) is 4.91 Å². The molecule has 0 aliphatic carbocycles. The number of benzene rings is 1. The minimum absolute atomic E-state index is 0.0689. The number of nitrogens with zero attached hydrogens (tertiary/aromatic N) is 3. The van der Waals surface area contributed by atoms with Crippen LogP contribution in [0.2, 0.25) is 0 Å². The van der Waals surface area contributed by atoms with E-state index in [0.717, 1.165) is 0 Å². The average Bonchev–Trinajstić information content (AvgIpc) is 2.78. The molecule has 0 radical (unpaired) electrons. The highest BCUT2D eigenvalue weighted by atomic mass is 32.2. The SMILES string of the molecule is CCS(=O)(=O)N1CCCN(C2=NS(=O)(=O)C(c3ccccc3)=C2C)CC1. The summed E-state index contributed by atoms with van der Waals surface area (Å²) in [5.41, 5.74) is 1.23. The summed E-state index contributed by atoms with van der Waals surface area (Å²) in [6, 6.07) is 8.94. The van der Waals surface area contributed by atoms with E-state index in [1.807, 2.05) is 11.0 Å². The Labute approximate surface area is 155 Å². The summed E-state index contributed by atoms with van der Waals surface area (Å²) in [7, 11) is -7.00. The van der Waals surface area contributed by atoms with Gasteiger partial charge in [0.2, 0.25) is 10.0 Å². The number of amidine groups is 1. The molecule has 26 heavy (non-hydrogen) atoms. The highest BCUT2D eigenvalue weighted by Crippen LogP contribution is 2.33. The van der Waals surface area contributed by atoms with E-state index in [4.69, 9.17) is 0 Å². The second kappa shape index (κ2) is 7.13. The van der Waals surface area contributed by atoms with Crippen LogP contribution in [0.1, 0.15) is 25.8 Å². The van der Waals surface area contributed by atoms with Crippen LogP contribution in [0.3, 0.4) is 0 Å². The van der Waals surface area contributed by atoms with Gasteiger partial charge in [-0.2, -0.15) is 8.42 Å². The Morgan fingerprint density at radius 2 is 1.77 bits per heavy atom. The molecule has 0 spiro atoms. The van der Waals surface area contributed by atoms with Crippen LogP contribution in [0.5, 0.6) is 0 Å². The Balaban J connectivity index is 1.89. The van der Waals surface area contributed by atoms with Crippen LogP contribution < -0.4 is 0 Å². The number of sulfonamides is 2. The van der Waals surface area contributed by atoms with E-state index in [9.17, 15) is 16.8 Å². The van der Waals surface area contributed by atoms with Crippen molar-refractivity contribution < 1.29 is 16.8 Å². The second-order valence-corrected chi connectivity index (χ2v) is 10.1. The fourth-order valence-electron chi connectivity index (χ4n) is 3.34. The molecular formula is C17H23N3O4S2. The number of hydrogen-bond acceptors (Lipinski definition) is 5. The molecule has 0 aromatic heterocycles. The van der Waals surface area contributed by atoms with E-state index >= 15 is 0 Å². The van der Waals surface area contributed by atoms with Gasteiger partial charge < -0.3 is 4.90 Å². The molecule has 0 atom stereocenters. The molecule has 0 unspecified atom stereocenters. The van der Waals surface area contributed by atoms with Crippen LogP contribution in [0, 0.1) is 0 Å². The van der Waals surface area contributed by atoms with Crippen molar-refractivity contribution in [2.75, 3.05) is 31.9 Å². The van der Waals surface area contributed by atoms with E-state index in [2.05, 4.69) is 4.40 Å². The van der Waals surface area contributed by atoms with Crippen molar-refractivity contribution in [2.45, 2.75) is 20.3 Å². The molecule has 2 heterocycles. The van der Waals surface area contributed by atoms with Crippen molar-refractivity contribution in [3.05, 3.63) is 41.5 Å². The van der Waals surface area contributed by atoms with Gasteiger partial charge in [0.25, 0.3) is 10.0 Å². The van der Waals surface area contributed by atoms with Crippen molar-refractivity contribution in [1.29, 1.82) is 0 Å². The van der Waals surface area contributed by atoms with Crippen LogP contribution in [0.15, 0.2) is 40.3 Å². The quantitative estimate of drug-likeness (QED) is 0.772. The summed E-state index contributed by atoms with van der Waals surface area (Å²) in [5.74, 6) is 0.499. The van der Waals surface area contributed by atoms with Gasteiger partial charge in [0.15, 0.2) is 0 Å². The highest BCUT2D eigenvalue weighted by molar-refractivity contribution is 8.00. The van der Waals surface area contributed by atoms with E-state index in [1.54, 1.807) is 38.1 Å². The molecule has 0 bridgehead atoms. The summed E-state index contributed by atoms with van der Waals surface area (Å²) in [4.78, 5) is 2.11.